The first kappa shape index (κ1) is 11.1. The first-order valence-electron chi connectivity index (χ1n) is 6.26. The quantitative estimate of drug-likeness (QED) is 0.764. The summed E-state index contributed by atoms with van der Waals surface area (Å²) >= 11 is 0. The number of aromatic nitrogens is 1. The fraction of sp³-hybridized carbons (Fsp3) is 0.267. The number of amides is 1. The van der Waals surface area contributed by atoms with E-state index in [1.54, 1.807) is 0 Å². The number of nitrogens with one attached hydrogen (secondary N) is 1. The van der Waals surface area contributed by atoms with Crippen LogP contribution in [0.5, 0.6) is 0 Å². The maximum Gasteiger partial charge on any atom is 0.254 e. The first-order chi connectivity index (χ1) is 8.74. The van der Waals surface area contributed by atoms with Crippen molar-refractivity contribution in [3.05, 3.63) is 47.7 Å². The Morgan fingerprint density at radius 1 is 1.33 bits per heavy atom. The molecule has 0 bridgehead atoms. The Morgan fingerprint density at radius 2 is 2.22 bits per heavy atom. The van der Waals surface area contributed by atoms with E-state index in [-0.39, 0.29) is 5.91 Å². The molecule has 3 heteroatoms. The van der Waals surface area contributed by atoms with Crippen LogP contribution in [0.1, 0.15) is 23.7 Å². The molecule has 0 aliphatic carbocycles. The number of nitrogens with zero attached hydrogens (tertiary/aromatic N) is 1. The summed E-state index contributed by atoms with van der Waals surface area (Å²) in [5.41, 5.74) is 3.15. The minimum Gasteiger partial charge on any atom is -0.361 e. The molecule has 1 aliphatic heterocycles. The average Bonchev–Trinajstić information content (AvgIpc) is 2.86. The molecule has 3 rings (SSSR count). The number of rotatable bonds is 1. The van der Waals surface area contributed by atoms with Gasteiger partial charge in [-0.25, -0.2) is 0 Å². The van der Waals surface area contributed by atoms with Crippen molar-refractivity contribution in [1.82, 2.24) is 9.88 Å². The molecule has 0 saturated heterocycles. The van der Waals surface area contributed by atoms with E-state index in [1.807, 2.05) is 35.4 Å². The number of hydrogen-bond acceptors (Lipinski definition) is 1. The van der Waals surface area contributed by atoms with Crippen molar-refractivity contribution in [3.8, 4) is 0 Å². The van der Waals surface area contributed by atoms with Crippen LogP contribution in [0.4, 0.5) is 0 Å². The van der Waals surface area contributed by atoms with E-state index in [9.17, 15) is 4.79 Å². The minimum atomic E-state index is 0.121. The Balaban J connectivity index is 1.87. The van der Waals surface area contributed by atoms with Crippen LogP contribution in [-0.2, 0) is 0 Å². The normalized spacial score (nSPS) is 15.8. The van der Waals surface area contributed by atoms with Gasteiger partial charge in [0, 0.05) is 30.4 Å². The third-order valence-electron chi connectivity index (χ3n) is 3.53. The highest BCUT2D eigenvalue weighted by Gasteiger charge is 2.17. The van der Waals surface area contributed by atoms with Crippen LogP contribution in [0.15, 0.2) is 42.1 Å². The molecule has 1 aromatic heterocycles. The van der Waals surface area contributed by atoms with Gasteiger partial charge in [0.15, 0.2) is 0 Å². The van der Waals surface area contributed by atoms with Crippen LogP contribution in [0.3, 0.4) is 0 Å². The molecule has 0 atom stereocenters. The smallest absolute Gasteiger partial charge is 0.254 e. The van der Waals surface area contributed by atoms with Crippen molar-refractivity contribution >= 4 is 16.8 Å². The Bertz CT molecular complexity index is 624. The van der Waals surface area contributed by atoms with Gasteiger partial charge in [0.1, 0.15) is 0 Å². The lowest BCUT2D eigenvalue weighted by Crippen LogP contribution is -2.34. The van der Waals surface area contributed by atoms with Gasteiger partial charge in [-0.2, -0.15) is 0 Å². The van der Waals surface area contributed by atoms with Gasteiger partial charge in [-0.15, -0.1) is 0 Å². The Labute approximate surface area is 106 Å². The molecule has 0 radical (unpaired) electrons. The molecule has 0 fully saturated rings. The van der Waals surface area contributed by atoms with Crippen LogP contribution < -0.4 is 0 Å². The highest BCUT2D eigenvalue weighted by atomic mass is 16.2. The second-order valence-electron chi connectivity index (χ2n) is 4.83. The summed E-state index contributed by atoms with van der Waals surface area (Å²) in [5, 5.41) is 1.14. The first-order valence-corrected chi connectivity index (χ1v) is 6.26. The average molecular weight is 240 g/mol. The number of carbonyl (C=O) groups excluding carboxylic acids is 1. The Morgan fingerprint density at radius 3 is 3.00 bits per heavy atom. The minimum absolute atomic E-state index is 0.121. The van der Waals surface area contributed by atoms with E-state index in [2.05, 4.69) is 18.0 Å². The van der Waals surface area contributed by atoms with Crippen molar-refractivity contribution in [2.24, 2.45) is 0 Å². The van der Waals surface area contributed by atoms with Gasteiger partial charge in [-0.3, -0.25) is 4.79 Å². The zero-order valence-corrected chi connectivity index (χ0v) is 10.4. The Kier molecular flexibility index (Phi) is 2.67. The lowest BCUT2D eigenvalue weighted by atomic mass is 10.1. The van der Waals surface area contributed by atoms with E-state index >= 15 is 0 Å². The van der Waals surface area contributed by atoms with Crippen LogP contribution in [0.2, 0.25) is 0 Å². The predicted octanol–water partition coefficient (Wildman–Crippen LogP) is 2.96. The van der Waals surface area contributed by atoms with E-state index in [4.69, 9.17) is 0 Å². The summed E-state index contributed by atoms with van der Waals surface area (Å²) in [4.78, 5) is 17.4. The topological polar surface area (TPSA) is 36.1 Å². The zero-order chi connectivity index (χ0) is 12.5. The fourth-order valence-corrected chi connectivity index (χ4v) is 2.32. The molecule has 2 heterocycles. The second-order valence-corrected chi connectivity index (χ2v) is 4.83. The molecule has 0 unspecified atom stereocenters. The molecule has 1 amide bonds. The third-order valence-corrected chi connectivity index (χ3v) is 3.53. The van der Waals surface area contributed by atoms with Crippen molar-refractivity contribution in [2.75, 3.05) is 13.1 Å². The molecular formula is C15H16N2O. The number of carbonyl (C=O) groups is 1. The van der Waals surface area contributed by atoms with Crippen LogP contribution in [0, 0.1) is 0 Å². The van der Waals surface area contributed by atoms with Crippen LogP contribution >= 0.6 is 0 Å². The van der Waals surface area contributed by atoms with Crippen molar-refractivity contribution in [2.45, 2.75) is 13.3 Å². The maximum atomic E-state index is 12.4. The van der Waals surface area contributed by atoms with Gasteiger partial charge < -0.3 is 9.88 Å². The molecule has 92 valence electrons. The fourth-order valence-electron chi connectivity index (χ4n) is 2.32. The summed E-state index contributed by atoms with van der Waals surface area (Å²) in [5.74, 6) is 0.121. The van der Waals surface area contributed by atoms with Crippen LogP contribution in [-0.4, -0.2) is 28.9 Å². The van der Waals surface area contributed by atoms with Crippen molar-refractivity contribution < 1.29 is 4.79 Å². The van der Waals surface area contributed by atoms with E-state index in [1.165, 1.54) is 5.57 Å². The molecule has 0 spiro atoms. The van der Waals surface area contributed by atoms with Crippen molar-refractivity contribution in [3.63, 3.8) is 0 Å². The SMILES string of the molecule is CC1=CCN(C(=O)c2ccc3cc[nH]c3c2)CC1. The maximum absolute atomic E-state index is 12.4. The highest BCUT2D eigenvalue weighted by molar-refractivity contribution is 5.98. The Hall–Kier alpha value is -2.03. The van der Waals surface area contributed by atoms with E-state index in [0.717, 1.165) is 36.0 Å². The summed E-state index contributed by atoms with van der Waals surface area (Å²) in [6, 6.07) is 7.84. The van der Waals surface area contributed by atoms with Gasteiger partial charge in [-0.05, 0) is 36.9 Å². The lowest BCUT2D eigenvalue weighted by Gasteiger charge is -2.25. The zero-order valence-electron chi connectivity index (χ0n) is 10.4. The van der Waals surface area contributed by atoms with Crippen molar-refractivity contribution in [1.29, 1.82) is 0 Å². The highest BCUT2D eigenvalue weighted by Crippen LogP contribution is 2.17. The number of hydrogen-bond donors (Lipinski definition) is 1. The second kappa shape index (κ2) is 4.33. The molecule has 2 aromatic rings. The molecule has 1 N–H and O–H groups in total. The van der Waals surface area contributed by atoms with E-state index < -0.39 is 0 Å². The predicted molar refractivity (Wildman–Crippen MR) is 72.6 cm³/mol. The number of H-pyrrole nitrogens is 1. The molecule has 0 saturated carbocycles. The van der Waals surface area contributed by atoms with Gasteiger partial charge >= 0.3 is 0 Å². The number of benzene rings is 1. The van der Waals surface area contributed by atoms with Gasteiger partial charge in [0.2, 0.25) is 0 Å². The summed E-state index contributed by atoms with van der Waals surface area (Å²) in [6.45, 7) is 3.67. The van der Waals surface area contributed by atoms with Gasteiger partial charge in [-0.1, -0.05) is 17.7 Å². The molecular weight excluding hydrogens is 224 g/mol. The number of fused-ring (bicyclic) bond motifs is 1. The lowest BCUT2D eigenvalue weighted by molar-refractivity contribution is 0.0769. The summed E-state index contributed by atoms with van der Waals surface area (Å²) in [7, 11) is 0. The van der Waals surface area contributed by atoms with Crippen LogP contribution in [0.25, 0.3) is 10.9 Å². The summed E-state index contributed by atoms with van der Waals surface area (Å²) in [6.07, 6.45) is 5.01. The molecule has 1 aromatic carbocycles. The molecule has 1 aliphatic rings. The molecule has 18 heavy (non-hydrogen) atoms. The summed E-state index contributed by atoms with van der Waals surface area (Å²) < 4.78 is 0. The third kappa shape index (κ3) is 1.92. The standard InChI is InChI=1S/C15H16N2O/c1-11-5-8-17(9-6-11)15(18)13-3-2-12-4-7-16-14(12)10-13/h2-5,7,10,16H,6,8-9H2,1H3. The van der Waals surface area contributed by atoms with Gasteiger partial charge in [0.25, 0.3) is 5.91 Å². The number of aromatic amines is 1. The molecule has 3 nitrogen and oxygen atoms in total. The monoisotopic (exact) mass is 240 g/mol. The largest absolute Gasteiger partial charge is 0.361 e. The van der Waals surface area contributed by atoms with E-state index in [0.29, 0.717) is 0 Å². The van der Waals surface area contributed by atoms with Gasteiger partial charge in [0.05, 0.1) is 0 Å².